The van der Waals surface area contributed by atoms with Gasteiger partial charge in [-0.2, -0.15) is 0 Å². The largest absolute Gasteiger partial charge is 0.386 e. The first-order valence-corrected chi connectivity index (χ1v) is 6.36. The van der Waals surface area contributed by atoms with Gasteiger partial charge < -0.3 is 5.11 Å². The van der Waals surface area contributed by atoms with E-state index in [1.165, 1.54) is 19.3 Å². The number of allylic oxidation sites excluding steroid dienone is 1. The van der Waals surface area contributed by atoms with Crippen LogP contribution in [0, 0.1) is 16.7 Å². The highest BCUT2D eigenvalue weighted by atomic mass is 16.3. The van der Waals surface area contributed by atoms with Crippen LogP contribution in [0.15, 0.2) is 12.2 Å². The van der Waals surface area contributed by atoms with E-state index in [9.17, 15) is 5.11 Å². The zero-order chi connectivity index (χ0) is 10.7. The number of hydrogen-bond donors (Lipinski definition) is 1. The molecule has 0 aromatic rings. The van der Waals surface area contributed by atoms with Gasteiger partial charge in [0.15, 0.2) is 0 Å². The SMILES string of the molecule is CC1(C)C=CC(O)(CC2CC23CC3)CC1. The van der Waals surface area contributed by atoms with Gasteiger partial charge in [0.1, 0.15) is 0 Å². The van der Waals surface area contributed by atoms with Crippen molar-refractivity contribution in [1.29, 1.82) is 0 Å². The van der Waals surface area contributed by atoms with E-state index in [1.54, 1.807) is 0 Å². The average molecular weight is 206 g/mol. The average Bonchev–Trinajstić information content (AvgIpc) is 3.03. The molecule has 2 saturated carbocycles. The van der Waals surface area contributed by atoms with Gasteiger partial charge in [-0.25, -0.2) is 0 Å². The molecular weight excluding hydrogens is 184 g/mol. The summed E-state index contributed by atoms with van der Waals surface area (Å²) in [5, 5.41) is 10.5. The van der Waals surface area contributed by atoms with E-state index in [-0.39, 0.29) is 0 Å². The highest BCUT2D eigenvalue weighted by Gasteiger charge is 2.63. The van der Waals surface area contributed by atoms with Gasteiger partial charge >= 0.3 is 0 Å². The lowest BCUT2D eigenvalue weighted by Crippen LogP contribution is -2.33. The van der Waals surface area contributed by atoms with Crippen LogP contribution < -0.4 is 0 Å². The van der Waals surface area contributed by atoms with Gasteiger partial charge in [-0.3, -0.25) is 0 Å². The fraction of sp³-hybridized carbons (Fsp3) is 0.857. The second kappa shape index (κ2) is 2.68. The number of hydrogen-bond acceptors (Lipinski definition) is 1. The summed E-state index contributed by atoms with van der Waals surface area (Å²) >= 11 is 0. The Hall–Kier alpha value is -0.300. The third-order valence-electron chi connectivity index (χ3n) is 4.90. The van der Waals surface area contributed by atoms with Gasteiger partial charge in [-0.1, -0.05) is 26.0 Å². The van der Waals surface area contributed by atoms with E-state index >= 15 is 0 Å². The van der Waals surface area contributed by atoms with Crippen LogP contribution in [0.1, 0.15) is 52.4 Å². The van der Waals surface area contributed by atoms with Crippen LogP contribution in [-0.4, -0.2) is 10.7 Å². The first-order chi connectivity index (χ1) is 6.93. The second-order valence-electron chi connectivity index (χ2n) is 6.89. The van der Waals surface area contributed by atoms with E-state index in [2.05, 4.69) is 26.0 Å². The lowest BCUT2D eigenvalue weighted by Gasteiger charge is -2.35. The lowest BCUT2D eigenvalue weighted by molar-refractivity contribution is 0.0450. The molecule has 2 atom stereocenters. The van der Waals surface area contributed by atoms with Crippen molar-refractivity contribution in [2.75, 3.05) is 0 Å². The van der Waals surface area contributed by atoms with Gasteiger partial charge in [0.05, 0.1) is 5.60 Å². The van der Waals surface area contributed by atoms with E-state index in [0.29, 0.717) is 5.41 Å². The van der Waals surface area contributed by atoms with Crippen molar-refractivity contribution in [2.24, 2.45) is 16.7 Å². The topological polar surface area (TPSA) is 20.2 Å². The molecule has 0 amide bonds. The molecule has 84 valence electrons. The van der Waals surface area contributed by atoms with Crippen LogP contribution in [0.2, 0.25) is 0 Å². The van der Waals surface area contributed by atoms with Crippen molar-refractivity contribution in [2.45, 2.75) is 58.0 Å². The molecule has 1 nitrogen and oxygen atoms in total. The highest BCUT2D eigenvalue weighted by molar-refractivity contribution is 5.18. The Labute approximate surface area is 92.6 Å². The maximum Gasteiger partial charge on any atom is 0.0831 e. The predicted octanol–water partition coefficient (Wildman–Crippen LogP) is 3.28. The summed E-state index contributed by atoms with van der Waals surface area (Å²) in [4.78, 5) is 0. The molecule has 3 aliphatic rings. The number of aliphatic hydroxyl groups is 1. The summed E-state index contributed by atoms with van der Waals surface area (Å²) in [5.74, 6) is 0.841. The maximum atomic E-state index is 10.5. The Morgan fingerprint density at radius 1 is 1.13 bits per heavy atom. The zero-order valence-electron chi connectivity index (χ0n) is 9.92. The van der Waals surface area contributed by atoms with Crippen molar-refractivity contribution in [3.63, 3.8) is 0 Å². The van der Waals surface area contributed by atoms with Crippen LogP contribution >= 0.6 is 0 Å². The summed E-state index contributed by atoms with van der Waals surface area (Å²) < 4.78 is 0. The minimum Gasteiger partial charge on any atom is -0.386 e. The molecule has 0 radical (unpaired) electrons. The van der Waals surface area contributed by atoms with Crippen molar-refractivity contribution in [3.05, 3.63) is 12.2 Å². The molecule has 0 saturated heterocycles. The van der Waals surface area contributed by atoms with Crippen molar-refractivity contribution < 1.29 is 5.11 Å². The quantitative estimate of drug-likeness (QED) is 0.687. The molecule has 2 unspecified atom stereocenters. The molecule has 0 bridgehead atoms. The maximum absolute atomic E-state index is 10.5. The normalized spacial score (nSPS) is 44.3. The Balaban J connectivity index is 1.65. The fourth-order valence-corrected chi connectivity index (χ4v) is 3.18. The monoisotopic (exact) mass is 206 g/mol. The minimum atomic E-state index is -0.466. The molecule has 0 heterocycles. The van der Waals surface area contributed by atoms with Crippen LogP contribution in [0.4, 0.5) is 0 Å². The molecule has 0 aromatic carbocycles. The van der Waals surface area contributed by atoms with Crippen molar-refractivity contribution in [3.8, 4) is 0 Å². The summed E-state index contributed by atoms with van der Waals surface area (Å²) in [5.41, 5.74) is 0.565. The Kier molecular flexibility index (Phi) is 1.77. The fourth-order valence-electron chi connectivity index (χ4n) is 3.18. The number of rotatable bonds is 2. The van der Waals surface area contributed by atoms with Crippen LogP contribution in [0.25, 0.3) is 0 Å². The first-order valence-electron chi connectivity index (χ1n) is 6.36. The second-order valence-corrected chi connectivity index (χ2v) is 6.89. The standard InChI is InChI=1S/C14H22O/c1-12(2)3-7-14(15,8-4-12)10-11-9-13(11)5-6-13/h3,7,11,15H,4-6,8-10H2,1-2H3. The van der Waals surface area contributed by atoms with E-state index < -0.39 is 5.60 Å². The molecule has 0 aromatic heterocycles. The van der Waals surface area contributed by atoms with E-state index in [1.807, 2.05) is 0 Å². The van der Waals surface area contributed by atoms with Crippen LogP contribution in [0.3, 0.4) is 0 Å². The molecule has 3 rings (SSSR count). The van der Waals surface area contributed by atoms with Crippen LogP contribution in [-0.2, 0) is 0 Å². The van der Waals surface area contributed by atoms with Crippen molar-refractivity contribution in [1.82, 2.24) is 0 Å². The molecule has 2 fully saturated rings. The van der Waals surface area contributed by atoms with Crippen molar-refractivity contribution >= 4 is 0 Å². The Bertz CT molecular complexity index is 311. The molecule has 3 aliphatic carbocycles. The summed E-state index contributed by atoms with van der Waals surface area (Å²) in [6.07, 6.45) is 11.7. The Morgan fingerprint density at radius 3 is 2.33 bits per heavy atom. The van der Waals surface area contributed by atoms with Gasteiger partial charge in [-0.15, -0.1) is 0 Å². The molecular formula is C14H22O. The molecule has 0 aliphatic heterocycles. The molecule has 1 heteroatoms. The van der Waals surface area contributed by atoms with Gasteiger partial charge in [0.25, 0.3) is 0 Å². The Morgan fingerprint density at radius 2 is 1.87 bits per heavy atom. The molecule has 1 spiro atoms. The lowest BCUT2D eigenvalue weighted by atomic mass is 9.75. The first kappa shape index (κ1) is 9.89. The van der Waals surface area contributed by atoms with Gasteiger partial charge in [-0.05, 0) is 55.3 Å². The summed E-state index contributed by atoms with van der Waals surface area (Å²) in [6.45, 7) is 4.51. The van der Waals surface area contributed by atoms with Gasteiger partial charge in [0, 0.05) is 0 Å². The predicted molar refractivity (Wildman–Crippen MR) is 61.5 cm³/mol. The van der Waals surface area contributed by atoms with E-state index in [4.69, 9.17) is 0 Å². The minimum absolute atomic E-state index is 0.299. The zero-order valence-corrected chi connectivity index (χ0v) is 9.92. The van der Waals surface area contributed by atoms with Crippen LogP contribution in [0.5, 0.6) is 0 Å². The third-order valence-corrected chi connectivity index (χ3v) is 4.90. The molecule has 15 heavy (non-hydrogen) atoms. The van der Waals surface area contributed by atoms with Gasteiger partial charge in [0.2, 0.25) is 0 Å². The summed E-state index contributed by atoms with van der Waals surface area (Å²) in [7, 11) is 0. The molecule has 1 N–H and O–H groups in total. The highest BCUT2D eigenvalue weighted by Crippen LogP contribution is 2.72. The third kappa shape index (κ3) is 1.75. The van der Waals surface area contributed by atoms with E-state index in [0.717, 1.165) is 30.6 Å². The smallest absolute Gasteiger partial charge is 0.0831 e. The summed E-state index contributed by atoms with van der Waals surface area (Å²) in [6, 6.07) is 0.